The first-order valence-electron chi connectivity index (χ1n) is 5.02. The van der Waals surface area contributed by atoms with Gasteiger partial charge < -0.3 is 9.47 Å². The monoisotopic (exact) mass is 212 g/mol. The fraction of sp³-hybridized carbons (Fsp3) is 0.636. The van der Waals surface area contributed by atoms with E-state index in [1.807, 2.05) is 0 Å². The van der Waals surface area contributed by atoms with Gasteiger partial charge in [-0.05, 0) is 12.5 Å². The second-order valence-corrected chi connectivity index (χ2v) is 3.87. The number of cyclic esters (lactones) is 1. The number of carbonyl (C=O) groups is 2. The third-order valence-electron chi connectivity index (χ3n) is 2.55. The highest BCUT2D eigenvalue weighted by Gasteiger charge is 2.54. The largest absolute Gasteiger partial charge is 0.463 e. The molecule has 0 bridgehead atoms. The fourth-order valence-corrected chi connectivity index (χ4v) is 1.78. The Bertz CT molecular complexity index is 306. The molecule has 1 heterocycles. The van der Waals surface area contributed by atoms with E-state index in [1.165, 1.54) is 0 Å². The molecule has 1 fully saturated rings. The molecule has 1 aliphatic heterocycles. The molecule has 0 saturated carbocycles. The van der Waals surface area contributed by atoms with Gasteiger partial charge in [-0.25, -0.2) is 4.79 Å². The van der Waals surface area contributed by atoms with Crippen molar-refractivity contribution in [2.45, 2.75) is 32.8 Å². The van der Waals surface area contributed by atoms with Gasteiger partial charge in [-0.3, -0.25) is 4.79 Å². The minimum atomic E-state index is -1.27. The van der Waals surface area contributed by atoms with Crippen LogP contribution in [0.15, 0.2) is 12.2 Å². The van der Waals surface area contributed by atoms with Crippen molar-refractivity contribution in [3.63, 3.8) is 0 Å². The second kappa shape index (κ2) is 4.04. The van der Waals surface area contributed by atoms with Crippen LogP contribution in [-0.2, 0) is 19.1 Å². The minimum Gasteiger partial charge on any atom is -0.463 e. The van der Waals surface area contributed by atoms with Crippen LogP contribution in [0.25, 0.3) is 0 Å². The number of hydrogen-bond acceptors (Lipinski definition) is 4. The SMILES string of the molecule is C=C1CC(=O)OC1(C(=O)OCC)C(C)C. The van der Waals surface area contributed by atoms with Crippen LogP contribution in [0.1, 0.15) is 27.2 Å². The van der Waals surface area contributed by atoms with Crippen molar-refractivity contribution in [1.29, 1.82) is 0 Å². The normalized spacial score (nSPS) is 25.6. The molecule has 1 unspecified atom stereocenters. The van der Waals surface area contributed by atoms with E-state index in [-0.39, 0.29) is 18.9 Å². The quantitative estimate of drug-likeness (QED) is 0.525. The van der Waals surface area contributed by atoms with Gasteiger partial charge in [0.2, 0.25) is 5.60 Å². The summed E-state index contributed by atoms with van der Waals surface area (Å²) in [5.74, 6) is -1.10. The van der Waals surface area contributed by atoms with Gasteiger partial charge in [0, 0.05) is 5.92 Å². The van der Waals surface area contributed by atoms with E-state index < -0.39 is 17.5 Å². The number of ether oxygens (including phenoxy) is 2. The van der Waals surface area contributed by atoms with Crippen molar-refractivity contribution in [1.82, 2.24) is 0 Å². The first-order chi connectivity index (χ1) is 6.95. The number of carbonyl (C=O) groups excluding carboxylic acids is 2. The van der Waals surface area contributed by atoms with Gasteiger partial charge in [0.15, 0.2) is 0 Å². The lowest BCUT2D eigenvalue weighted by atomic mass is 9.84. The van der Waals surface area contributed by atoms with Crippen molar-refractivity contribution in [2.75, 3.05) is 6.61 Å². The molecule has 15 heavy (non-hydrogen) atoms. The highest BCUT2D eigenvalue weighted by Crippen LogP contribution is 2.38. The molecule has 0 amide bonds. The molecular weight excluding hydrogens is 196 g/mol. The molecule has 1 saturated heterocycles. The van der Waals surface area contributed by atoms with Gasteiger partial charge in [0.05, 0.1) is 13.0 Å². The van der Waals surface area contributed by atoms with Crippen LogP contribution >= 0.6 is 0 Å². The Morgan fingerprint density at radius 2 is 2.27 bits per heavy atom. The molecule has 4 heteroatoms. The maximum Gasteiger partial charge on any atom is 0.355 e. The van der Waals surface area contributed by atoms with Crippen LogP contribution in [0.2, 0.25) is 0 Å². The minimum absolute atomic E-state index is 0.0942. The van der Waals surface area contributed by atoms with Crippen LogP contribution < -0.4 is 0 Å². The smallest absolute Gasteiger partial charge is 0.355 e. The third kappa shape index (κ3) is 1.76. The third-order valence-corrected chi connectivity index (χ3v) is 2.55. The Labute approximate surface area is 89.2 Å². The zero-order valence-electron chi connectivity index (χ0n) is 9.33. The average molecular weight is 212 g/mol. The lowest BCUT2D eigenvalue weighted by Crippen LogP contribution is -2.46. The molecule has 0 aromatic carbocycles. The number of rotatable bonds is 3. The highest BCUT2D eigenvalue weighted by molar-refractivity contribution is 5.92. The summed E-state index contributed by atoms with van der Waals surface area (Å²) in [5.41, 5.74) is -0.784. The van der Waals surface area contributed by atoms with E-state index in [4.69, 9.17) is 9.47 Å². The van der Waals surface area contributed by atoms with Crippen molar-refractivity contribution in [3.8, 4) is 0 Å². The van der Waals surface area contributed by atoms with Gasteiger partial charge in [-0.1, -0.05) is 20.4 Å². The van der Waals surface area contributed by atoms with Crippen LogP contribution in [0.4, 0.5) is 0 Å². The van der Waals surface area contributed by atoms with Crippen LogP contribution in [0.3, 0.4) is 0 Å². The summed E-state index contributed by atoms with van der Waals surface area (Å²) in [6.07, 6.45) is 0.0942. The van der Waals surface area contributed by atoms with E-state index in [0.29, 0.717) is 5.57 Å². The van der Waals surface area contributed by atoms with Crippen LogP contribution in [0.5, 0.6) is 0 Å². The van der Waals surface area contributed by atoms with E-state index >= 15 is 0 Å². The molecular formula is C11H16O4. The van der Waals surface area contributed by atoms with Gasteiger partial charge in [-0.2, -0.15) is 0 Å². The maximum absolute atomic E-state index is 11.8. The molecule has 1 rings (SSSR count). The van der Waals surface area contributed by atoms with E-state index in [1.54, 1.807) is 20.8 Å². The highest BCUT2D eigenvalue weighted by atomic mass is 16.6. The Kier molecular flexibility index (Phi) is 3.17. The number of hydrogen-bond donors (Lipinski definition) is 0. The predicted molar refractivity (Wildman–Crippen MR) is 54.1 cm³/mol. The second-order valence-electron chi connectivity index (χ2n) is 3.87. The van der Waals surface area contributed by atoms with Crippen molar-refractivity contribution < 1.29 is 19.1 Å². The average Bonchev–Trinajstić information content (AvgIpc) is 2.42. The van der Waals surface area contributed by atoms with Gasteiger partial charge >= 0.3 is 11.9 Å². The molecule has 1 atom stereocenters. The topological polar surface area (TPSA) is 52.6 Å². The van der Waals surface area contributed by atoms with Gasteiger partial charge in [-0.15, -0.1) is 0 Å². The Hall–Kier alpha value is -1.32. The van der Waals surface area contributed by atoms with Crippen LogP contribution in [0, 0.1) is 5.92 Å². The summed E-state index contributed by atoms with van der Waals surface area (Å²) >= 11 is 0. The van der Waals surface area contributed by atoms with E-state index in [2.05, 4.69) is 6.58 Å². The van der Waals surface area contributed by atoms with Crippen molar-refractivity contribution in [2.24, 2.45) is 5.92 Å². The standard InChI is InChI=1S/C11H16O4/c1-5-14-10(13)11(7(2)3)8(4)6-9(12)15-11/h7H,4-6H2,1-3H3. The summed E-state index contributed by atoms with van der Waals surface area (Å²) in [6, 6.07) is 0. The van der Waals surface area contributed by atoms with E-state index in [9.17, 15) is 9.59 Å². The summed E-state index contributed by atoms with van der Waals surface area (Å²) in [7, 11) is 0. The molecule has 0 aromatic heterocycles. The molecule has 1 aliphatic rings. The summed E-state index contributed by atoms with van der Waals surface area (Å²) in [5, 5.41) is 0. The summed E-state index contributed by atoms with van der Waals surface area (Å²) in [6.45, 7) is 9.32. The Balaban J connectivity index is 3.04. The Morgan fingerprint density at radius 3 is 2.60 bits per heavy atom. The molecule has 0 N–H and O–H groups in total. The van der Waals surface area contributed by atoms with Crippen molar-refractivity contribution >= 4 is 11.9 Å². The van der Waals surface area contributed by atoms with Gasteiger partial charge in [0.1, 0.15) is 0 Å². The molecule has 84 valence electrons. The lowest BCUT2D eigenvalue weighted by molar-refractivity contribution is -0.175. The zero-order chi connectivity index (χ0) is 11.6. The zero-order valence-corrected chi connectivity index (χ0v) is 9.33. The lowest BCUT2D eigenvalue weighted by Gasteiger charge is -2.29. The predicted octanol–water partition coefficient (Wildman–Crippen LogP) is 1.45. The molecule has 0 aromatic rings. The first kappa shape index (κ1) is 11.8. The van der Waals surface area contributed by atoms with Crippen molar-refractivity contribution in [3.05, 3.63) is 12.2 Å². The molecule has 0 radical (unpaired) electrons. The molecule has 4 nitrogen and oxygen atoms in total. The first-order valence-corrected chi connectivity index (χ1v) is 5.02. The fourth-order valence-electron chi connectivity index (χ4n) is 1.78. The molecule has 0 aliphatic carbocycles. The maximum atomic E-state index is 11.8. The van der Waals surface area contributed by atoms with Gasteiger partial charge in [0.25, 0.3) is 0 Å². The summed E-state index contributed by atoms with van der Waals surface area (Å²) in [4.78, 5) is 23.0. The van der Waals surface area contributed by atoms with E-state index in [0.717, 1.165) is 0 Å². The molecule has 0 spiro atoms. The summed E-state index contributed by atoms with van der Waals surface area (Å²) < 4.78 is 10.1. The number of esters is 2. The Morgan fingerprint density at radius 1 is 1.67 bits per heavy atom. The van der Waals surface area contributed by atoms with Crippen LogP contribution in [-0.4, -0.2) is 24.1 Å².